The van der Waals surface area contributed by atoms with Crippen molar-refractivity contribution in [3.8, 4) is 10.4 Å². The van der Waals surface area contributed by atoms with Gasteiger partial charge in [0.05, 0.1) is 24.6 Å². The number of esters is 1. The first-order chi connectivity index (χ1) is 18.6. The summed E-state index contributed by atoms with van der Waals surface area (Å²) in [6, 6.07) is 9.75. The third kappa shape index (κ3) is 10.5. The number of benzene rings is 1. The Labute approximate surface area is 238 Å². The molecule has 0 radical (unpaired) electrons. The molecule has 39 heavy (non-hydrogen) atoms. The Morgan fingerprint density at radius 2 is 1.95 bits per heavy atom. The number of rotatable bonds is 10. The van der Waals surface area contributed by atoms with Crippen molar-refractivity contribution in [3.63, 3.8) is 0 Å². The maximum Gasteiger partial charge on any atom is 0.303 e. The first kappa shape index (κ1) is 32.1. The van der Waals surface area contributed by atoms with Crippen LogP contribution in [0.3, 0.4) is 0 Å². The standard InChI is InChI=1S/C23H28N2OS.C9H16O3/c1-5-16(3)14-17(4)9-10-18(6-2)23(26)25-21-15-19(11-12-20(21)24)22-8-7-13-27-22;1-3-9(12-8(2)10)4-6-11-7-5-9/h6-13,15-16H,4-5,14,24H2,1-3H3,(H,25,26);3-7H2,1-2H3/b10-9-,18-6+;. The molecule has 1 aromatic heterocycles. The first-order valence-electron chi connectivity index (χ1n) is 13.7. The van der Waals surface area contributed by atoms with Crippen LogP contribution in [0.25, 0.3) is 10.4 Å². The van der Waals surface area contributed by atoms with Gasteiger partial charge in [-0.1, -0.05) is 63.6 Å². The molecular weight excluding hydrogens is 508 g/mol. The smallest absolute Gasteiger partial charge is 0.303 e. The molecule has 0 bridgehead atoms. The molecule has 0 saturated carbocycles. The van der Waals surface area contributed by atoms with E-state index in [1.165, 1.54) is 6.92 Å². The van der Waals surface area contributed by atoms with Gasteiger partial charge in [0.25, 0.3) is 5.91 Å². The molecule has 1 aromatic carbocycles. The molecule has 3 rings (SSSR count). The molecule has 1 atom stereocenters. The number of nitrogens with one attached hydrogen (secondary N) is 1. The van der Waals surface area contributed by atoms with Crippen molar-refractivity contribution in [2.45, 2.75) is 72.3 Å². The van der Waals surface area contributed by atoms with Crippen molar-refractivity contribution in [3.05, 3.63) is 71.7 Å². The van der Waals surface area contributed by atoms with Gasteiger partial charge in [-0.2, -0.15) is 0 Å². The molecule has 1 aliphatic heterocycles. The summed E-state index contributed by atoms with van der Waals surface area (Å²) in [7, 11) is 0. The van der Waals surface area contributed by atoms with Crippen LogP contribution in [0.4, 0.5) is 11.4 Å². The summed E-state index contributed by atoms with van der Waals surface area (Å²) >= 11 is 1.65. The minimum atomic E-state index is -0.232. The second-order valence-corrected chi connectivity index (χ2v) is 10.9. The van der Waals surface area contributed by atoms with Gasteiger partial charge >= 0.3 is 5.97 Å². The van der Waals surface area contributed by atoms with Gasteiger partial charge in [-0.25, -0.2) is 0 Å². The lowest BCUT2D eigenvalue weighted by molar-refractivity contribution is -0.167. The molecule has 7 heteroatoms. The predicted octanol–water partition coefficient (Wildman–Crippen LogP) is 7.94. The molecule has 1 fully saturated rings. The van der Waals surface area contributed by atoms with Gasteiger partial charge in [-0.3, -0.25) is 9.59 Å². The van der Waals surface area contributed by atoms with Gasteiger partial charge < -0.3 is 20.5 Å². The van der Waals surface area contributed by atoms with Gasteiger partial charge in [0.1, 0.15) is 5.60 Å². The molecule has 6 nitrogen and oxygen atoms in total. The Bertz CT molecular complexity index is 1140. The van der Waals surface area contributed by atoms with E-state index in [4.69, 9.17) is 15.2 Å². The predicted molar refractivity (Wildman–Crippen MR) is 164 cm³/mol. The van der Waals surface area contributed by atoms with Gasteiger partial charge in [-0.15, -0.1) is 11.3 Å². The molecular formula is C32H44N2O4S. The van der Waals surface area contributed by atoms with Crippen LogP contribution in [-0.2, 0) is 19.1 Å². The van der Waals surface area contributed by atoms with Crippen molar-refractivity contribution in [1.82, 2.24) is 0 Å². The number of hydrogen-bond donors (Lipinski definition) is 2. The van der Waals surface area contributed by atoms with Crippen molar-refractivity contribution < 1.29 is 19.1 Å². The molecule has 1 saturated heterocycles. The fraction of sp³-hybridized carbons (Fsp3) is 0.438. The van der Waals surface area contributed by atoms with E-state index < -0.39 is 0 Å². The fourth-order valence-electron chi connectivity index (χ4n) is 4.20. The number of ether oxygens (including phenoxy) is 2. The zero-order valence-corrected chi connectivity index (χ0v) is 24.9. The quantitative estimate of drug-likeness (QED) is 0.135. The third-order valence-corrected chi connectivity index (χ3v) is 7.81. The number of nitrogens with two attached hydrogens (primary N) is 1. The van der Waals surface area contributed by atoms with E-state index in [1.54, 1.807) is 17.4 Å². The molecule has 1 amide bonds. The molecule has 1 aliphatic rings. The minimum Gasteiger partial charge on any atom is -0.459 e. The van der Waals surface area contributed by atoms with Crippen LogP contribution >= 0.6 is 11.3 Å². The van der Waals surface area contributed by atoms with Gasteiger partial charge in [0.15, 0.2) is 0 Å². The Morgan fingerprint density at radius 1 is 1.23 bits per heavy atom. The van der Waals surface area contributed by atoms with E-state index >= 15 is 0 Å². The number of hydrogen-bond acceptors (Lipinski definition) is 6. The van der Waals surface area contributed by atoms with Crippen LogP contribution in [0.5, 0.6) is 0 Å². The Balaban J connectivity index is 0.000000370. The molecule has 2 heterocycles. The van der Waals surface area contributed by atoms with Crippen LogP contribution in [0.15, 0.2) is 71.7 Å². The van der Waals surface area contributed by atoms with E-state index in [0.717, 1.165) is 48.1 Å². The number of amides is 1. The van der Waals surface area contributed by atoms with E-state index in [2.05, 4.69) is 25.7 Å². The number of carbonyl (C=O) groups is 2. The summed E-state index contributed by atoms with van der Waals surface area (Å²) in [5.41, 5.74) is 9.64. The summed E-state index contributed by atoms with van der Waals surface area (Å²) in [4.78, 5) is 24.6. The fourth-order valence-corrected chi connectivity index (χ4v) is 4.93. The highest BCUT2D eigenvalue weighted by molar-refractivity contribution is 7.13. The SMILES string of the molecule is C=C(/C=C\C(=C/C)C(=O)Nc1cc(-c2cccs2)ccc1N)CC(C)CC.CCC1(OC(C)=O)CCOCC1. The average molecular weight is 553 g/mol. The van der Waals surface area contributed by atoms with Crippen molar-refractivity contribution in [1.29, 1.82) is 0 Å². The Morgan fingerprint density at radius 3 is 2.51 bits per heavy atom. The third-order valence-electron chi connectivity index (χ3n) is 6.90. The van der Waals surface area contributed by atoms with Crippen LogP contribution < -0.4 is 11.1 Å². The highest BCUT2D eigenvalue weighted by Gasteiger charge is 2.33. The number of carbonyl (C=O) groups excluding carboxylic acids is 2. The largest absolute Gasteiger partial charge is 0.459 e. The highest BCUT2D eigenvalue weighted by Crippen LogP contribution is 2.31. The minimum absolute atomic E-state index is 0.180. The van der Waals surface area contributed by atoms with E-state index in [9.17, 15) is 9.59 Å². The second-order valence-electron chi connectivity index (χ2n) is 9.93. The zero-order chi connectivity index (χ0) is 28.8. The first-order valence-corrected chi connectivity index (χ1v) is 14.5. The normalized spacial score (nSPS) is 15.7. The average Bonchev–Trinajstić information content (AvgIpc) is 3.46. The molecule has 0 spiro atoms. The van der Waals surface area contributed by atoms with Crippen molar-refractivity contribution >= 4 is 34.6 Å². The van der Waals surface area contributed by atoms with Crippen LogP contribution in [0, 0.1) is 5.92 Å². The summed E-state index contributed by atoms with van der Waals surface area (Å²) in [6.45, 7) is 15.2. The summed E-state index contributed by atoms with van der Waals surface area (Å²) in [6.07, 6.45) is 10.1. The summed E-state index contributed by atoms with van der Waals surface area (Å²) < 4.78 is 10.5. The summed E-state index contributed by atoms with van der Waals surface area (Å²) in [5, 5.41) is 4.96. The molecule has 212 valence electrons. The number of anilines is 2. The lowest BCUT2D eigenvalue weighted by Gasteiger charge is -2.35. The van der Waals surface area contributed by atoms with Gasteiger partial charge in [0.2, 0.25) is 0 Å². The van der Waals surface area contributed by atoms with E-state index in [-0.39, 0.29) is 17.5 Å². The van der Waals surface area contributed by atoms with Crippen LogP contribution in [0.2, 0.25) is 0 Å². The Hall–Kier alpha value is -3.16. The second kappa shape index (κ2) is 16.1. The molecule has 3 N–H and O–H groups in total. The molecule has 2 aromatic rings. The van der Waals surface area contributed by atoms with Crippen LogP contribution in [0.1, 0.15) is 66.7 Å². The highest BCUT2D eigenvalue weighted by atomic mass is 32.1. The topological polar surface area (TPSA) is 90.7 Å². The van der Waals surface area contributed by atoms with Crippen molar-refractivity contribution in [2.24, 2.45) is 5.92 Å². The van der Waals surface area contributed by atoms with Gasteiger partial charge in [-0.05, 0) is 60.9 Å². The molecule has 1 unspecified atom stereocenters. The maximum atomic E-state index is 12.7. The van der Waals surface area contributed by atoms with Crippen LogP contribution in [-0.4, -0.2) is 30.7 Å². The van der Waals surface area contributed by atoms with Crippen molar-refractivity contribution in [2.75, 3.05) is 24.3 Å². The Kier molecular flexibility index (Phi) is 13.2. The number of nitrogen functional groups attached to an aromatic ring is 1. The maximum absolute atomic E-state index is 12.7. The zero-order valence-electron chi connectivity index (χ0n) is 24.0. The number of allylic oxidation sites excluding steroid dienone is 3. The van der Waals surface area contributed by atoms with E-state index in [1.807, 2.05) is 61.7 Å². The van der Waals surface area contributed by atoms with Gasteiger partial charge in [0, 0.05) is 30.2 Å². The number of thiophene rings is 1. The monoisotopic (exact) mass is 552 g/mol. The summed E-state index contributed by atoms with van der Waals surface area (Å²) in [5.74, 6) is 0.226. The molecule has 0 aliphatic carbocycles. The lowest BCUT2D eigenvalue weighted by Crippen LogP contribution is -2.39. The van der Waals surface area contributed by atoms with E-state index in [0.29, 0.717) is 36.1 Å². The lowest BCUT2D eigenvalue weighted by atomic mass is 9.91.